The minimum absolute atomic E-state index is 0.205. The van der Waals surface area contributed by atoms with E-state index in [4.69, 9.17) is 28.8 Å². The van der Waals surface area contributed by atoms with Crippen LogP contribution in [0, 0.1) is 0 Å². The van der Waals surface area contributed by atoms with Crippen molar-refractivity contribution in [1.29, 1.82) is 0 Å². The summed E-state index contributed by atoms with van der Waals surface area (Å²) in [6.07, 6.45) is -2.78. The Morgan fingerprint density at radius 3 is 2.64 bits per heavy atom. The van der Waals surface area contributed by atoms with Gasteiger partial charge in [0.25, 0.3) is 0 Å². The molecule has 2 heterocycles. The van der Waals surface area contributed by atoms with Gasteiger partial charge in [-0.2, -0.15) is 0 Å². The molecule has 2 aromatic rings. The van der Waals surface area contributed by atoms with Gasteiger partial charge in [-0.25, -0.2) is 4.79 Å². The maximum Gasteiger partial charge on any atom is 0.329 e. The molecule has 10 nitrogen and oxygen atoms in total. The van der Waals surface area contributed by atoms with Crippen LogP contribution in [0.15, 0.2) is 64.6 Å². The number of ether oxygens (including phenoxy) is 5. The number of fused-ring (bicyclic) bond motifs is 1. The van der Waals surface area contributed by atoms with Crippen LogP contribution in [-0.4, -0.2) is 61.2 Å². The summed E-state index contributed by atoms with van der Waals surface area (Å²) in [5, 5.41) is 13.1. The molecule has 0 aromatic heterocycles. The lowest BCUT2D eigenvalue weighted by molar-refractivity contribution is -0.300. The molecule has 2 fully saturated rings. The first-order valence-corrected chi connectivity index (χ1v) is 11.1. The summed E-state index contributed by atoms with van der Waals surface area (Å²) >= 11 is 1.36. The second-order valence-corrected chi connectivity index (χ2v) is 8.55. The van der Waals surface area contributed by atoms with Gasteiger partial charge in [-0.3, -0.25) is 0 Å². The minimum Gasteiger partial charge on any atom is -0.497 e. The number of aliphatic carboxylic acids is 1. The summed E-state index contributed by atoms with van der Waals surface area (Å²) in [5.41, 5.74) is 9.39. The van der Waals surface area contributed by atoms with E-state index >= 15 is 0 Å². The molecule has 0 radical (unpaired) electrons. The zero-order chi connectivity index (χ0) is 23.2. The van der Waals surface area contributed by atoms with Gasteiger partial charge < -0.3 is 28.8 Å². The van der Waals surface area contributed by atoms with Crippen LogP contribution in [0.25, 0.3) is 10.4 Å². The lowest BCUT2D eigenvalue weighted by Crippen LogP contribution is -2.61. The molecule has 2 aromatic carbocycles. The molecule has 6 atom stereocenters. The van der Waals surface area contributed by atoms with Crippen molar-refractivity contribution in [3.63, 3.8) is 0 Å². The fraction of sp³-hybridized carbons (Fsp3) is 0.409. The van der Waals surface area contributed by atoms with E-state index in [9.17, 15) is 10.3 Å². The molecule has 174 valence electrons. The predicted octanol–water partition coefficient (Wildman–Crippen LogP) is 3.78. The molecule has 0 amide bonds. The Kier molecular flexibility index (Phi) is 7.71. The highest BCUT2D eigenvalue weighted by Crippen LogP contribution is 2.41. The topological polar surface area (TPSA) is 132 Å². The first-order valence-electron chi connectivity index (χ1n) is 10.2. The quantitative estimate of drug-likeness (QED) is 0.348. The molecular weight excluding hydrogens is 450 g/mol. The molecule has 2 saturated heterocycles. The summed E-state index contributed by atoms with van der Waals surface area (Å²) < 4.78 is 29.1. The molecule has 33 heavy (non-hydrogen) atoms. The second-order valence-electron chi connectivity index (χ2n) is 7.38. The highest BCUT2D eigenvalue weighted by atomic mass is 32.2. The van der Waals surface area contributed by atoms with E-state index in [2.05, 4.69) is 10.0 Å². The van der Waals surface area contributed by atoms with E-state index in [-0.39, 0.29) is 6.61 Å². The largest absolute Gasteiger partial charge is 0.497 e. The fourth-order valence-electron chi connectivity index (χ4n) is 3.76. The van der Waals surface area contributed by atoms with E-state index in [0.717, 1.165) is 10.5 Å². The van der Waals surface area contributed by atoms with Crippen LogP contribution >= 0.6 is 11.8 Å². The zero-order valence-corrected chi connectivity index (χ0v) is 18.5. The third kappa shape index (κ3) is 5.59. The summed E-state index contributed by atoms with van der Waals surface area (Å²) in [5.74, 6) is -0.437. The normalized spacial score (nSPS) is 28.9. The van der Waals surface area contributed by atoms with Gasteiger partial charge in [0.1, 0.15) is 36.1 Å². The number of carboxylic acid groups (broad SMARTS) is 1. The summed E-state index contributed by atoms with van der Waals surface area (Å²) in [6, 6.07) is 15.9. The van der Waals surface area contributed by atoms with Crippen molar-refractivity contribution in [2.24, 2.45) is 5.11 Å². The van der Waals surface area contributed by atoms with Crippen LogP contribution in [0.3, 0.4) is 0 Å². The number of methoxy groups -OCH3 is 1. The number of carbonyl (C=O) groups is 1. The molecule has 1 unspecified atom stereocenters. The van der Waals surface area contributed by atoms with Gasteiger partial charge in [-0.1, -0.05) is 47.2 Å². The average molecular weight is 474 g/mol. The van der Waals surface area contributed by atoms with Crippen molar-refractivity contribution >= 4 is 17.7 Å². The van der Waals surface area contributed by atoms with Crippen molar-refractivity contribution < 1.29 is 33.6 Å². The zero-order valence-electron chi connectivity index (χ0n) is 17.7. The monoisotopic (exact) mass is 473 g/mol. The summed E-state index contributed by atoms with van der Waals surface area (Å²) in [6.45, 7) is -0.358. The van der Waals surface area contributed by atoms with Crippen LogP contribution in [0.1, 0.15) is 11.9 Å². The Labute approximate surface area is 194 Å². The molecule has 0 saturated carbocycles. The highest BCUT2D eigenvalue weighted by Gasteiger charge is 2.50. The van der Waals surface area contributed by atoms with E-state index in [1.54, 1.807) is 19.2 Å². The summed E-state index contributed by atoms with van der Waals surface area (Å²) in [4.78, 5) is 15.1. The number of azide groups is 1. The van der Waals surface area contributed by atoms with Crippen LogP contribution in [-0.2, 0) is 23.7 Å². The molecule has 4 rings (SSSR count). The third-order valence-electron chi connectivity index (χ3n) is 5.28. The van der Waals surface area contributed by atoms with Gasteiger partial charge >= 0.3 is 5.97 Å². The maximum atomic E-state index is 11.2. The van der Waals surface area contributed by atoms with Gasteiger partial charge in [0.05, 0.1) is 19.8 Å². The first-order chi connectivity index (χ1) is 16.1. The van der Waals surface area contributed by atoms with Crippen molar-refractivity contribution in [3.05, 3.63) is 70.6 Å². The van der Waals surface area contributed by atoms with Gasteiger partial charge in [0, 0.05) is 15.4 Å². The van der Waals surface area contributed by atoms with Crippen molar-refractivity contribution in [3.8, 4) is 5.75 Å². The van der Waals surface area contributed by atoms with E-state index in [1.165, 1.54) is 11.8 Å². The molecule has 1 N–H and O–H groups in total. The van der Waals surface area contributed by atoms with E-state index in [0.29, 0.717) is 5.75 Å². The van der Waals surface area contributed by atoms with E-state index in [1.807, 2.05) is 42.5 Å². The lowest BCUT2D eigenvalue weighted by atomic mass is 9.96. The van der Waals surface area contributed by atoms with Crippen LogP contribution in [0.2, 0.25) is 0 Å². The number of benzene rings is 2. The molecule has 0 bridgehead atoms. The Morgan fingerprint density at radius 1 is 1.21 bits per heavy atom. The second kappa shape index (κ2) is 10.9. The standard InChI is InChI=1S/C22H23N3O7S/c1-28-14-9-7-13(8-10-14)21-30-11-16-19(32-21)18(24-25-23)20(29-12-17(26)27)22(31-16)33-15-5-3-2-4-6-15/h2-10,16,18-22H,11-12H2,1H3,(H,26,27)/t16-,18+,19+,20-,21?,22+/m1/s1. The smallest absolute Gasteiger partial charge is 0.329 e. The predicted molar refractivity (Wildman–Crippen MR) is 118 cm³/mol. The molecule has 2 aliphatic heterocycles. The lowest BCUT2D eigenvalue weighted by Gasteiger charge is -2.47. The van der Waals surface area contributed by atoms with Gasteiger partial charge in [-0.05, 0) is 29.8 Å². The number of thioether (sulfide) groups is 1. The minimum atomic E-state index is -1.13. The number of hydrogen-bond donors (Lipinski definition) is 1. The summed E-state index contributed by atoms with van der Waals surface area (Å²) in [7, 11) is 1.58. The molecule has 0 spiro atoms. The van der Waals surface area contributed by atoms with Crippen molar-refractivity contribution in [2.45, 2.75) is 41.0 Å². The Morgan fingerprint density at radius 2 is 1.97 bits per heavy atom. The SMILES string of the molecule is COc1ccc(C2OC[C@H]3O[C@@H](Sc4ccccc4)[C@H](OCC(=O)O)[C@@H](N=[N+]=[N-])[C@H]3O2)cc1. The Balaban J connectivity index is 1.58. The van der Waals surface area contributed by atoms with Gasteiger partial charge in [0.15, 0.2) is 6.29 Å². The number of rotatable bonds is 8. The molecular formula is C22H23N3O7S. The highest BCUT2D eigenvalue weighted by molar-refractivity contribution is 7.99. The fourth-order valence-corrected chi connectivity index (χ4v) is 4.92. The number of carboxylic acids is 1. The Bertz CT molecular complexity index is 987. The number of nitrogens with zero attached hydrogens (tertiary/aromatic N) is 3. The van der Waals surface area contributed by atoms with Crippen molar-refractivity contribution in [1.82, 2.24) is 0 Å². The van der Waals surface area contributed by atoms with Crippen molar-refractivity contribution in [2.75, 3.05) is 20.3 Å². The van der Waals surface area contributed by atoms with Gasteiger partial charge in [0.2, 0.25) is 0 Å². The molecule has 11 heteroatoms. The van der Waals surface area contributed by atoms with Crippen LogP contribution in [0.5, 0.6) is 5.75 Å². The van der Waals surface area contributed by atoms with Gasteiger partial charge in [-0.15, -0.1) is 0 Å². The maximum absolute atomic E-state index is 11.2. The van der Waals surface area contributed by atoms with Crippen LogP contribution in [0.4, 0.5) is 0 Å². The van der Waals surface area contributed by atoms with E-state index < -0.39 is 48.7 Å². The Hall–Kier alpha value is -2.79. The average Bonchev–Trinajstić information content (AvgIpc) is 2.84. The third-order valence-corrected chi connectivity index (χ3v) is 6.43. The van der Waals surface area contributed by atoms with Crippen LogP contribution < -0.4 is 4.74 Å². The first kappa shape index (κ1) is 23.4. The molecule has 2 aliphatic rings. The molecule has 0 aliphatic carbocycles. The number of hydrogen-bond acceptors (Lipinski definition) is 8.